The summed E-state index contributed by atoms with van der Waals surface area (Å²) in [4.78, 5) is 24.4. The van der Waals surface area contributed by atoms with Gasteiger partial charge in [0.05, 0.1) is 0 Å². The Balaban J connectivity index is 2.19. The lowest BCUT2D eigenvalue weighted by molar-refractivity contribution is -0.171. The highest BCUT2D eigenvalue weighted by molar-refractivity contribution is 9.10. The van der Waals surface area contributed by atoms with Crippen molar-refractivity contribution in [1.29, 1.82) is 0 Å². The third kappa shape index (κ3) is 6.23. The van der Waals surface area contributed by atoms with Gasteiger partial charge in [-0.2, -0.15) is 4.39 Å². The van der Waals surface area contributed by atoms with Gasteiger partial charge in [0.1, 0.15) is 5.60 Å². The maximum absolute atomic E-state index is 14.5. The standard InChI is InChI=1S/C23H23BrF2O4/c1-22(2,3)30-21(28)23(4,5)29-18-13-9-15(19(25)20(18)26)8-12-17(27)14-6-10-16(24)11-7-14/h6-13H,1-5H3. The number of halogens is 3. The van der Waals surface area contributed by atoms with Crippen molar-refractivity contribution in [2.45, 2.75) is 45.8 Å². The van der Waals surface area contributed by atoms with Gasteiger partial charge < -0.3 is 9.47 Å². The minimum Gasteiger partial charge on any atom is -0.473 e. The van der Waals surface area contributed by atoms with E-state index in [-0.39, 0.29) is 11.3 Å². The van der Waals surface area contributed by atoms with Gasteiger partial charge in [-0.05, 0) is 83.2 Å². The molecule has 30 heavy (non-hydrogen) atoms. The Bertz CT molecular complexity index is 974. The number of hydrogen-bond acceptors (Lipinski definition) is 4. The van der Waals surface area contributed by atoms with E-state index in [1.54, 1.807) is 45.0 Å². The van der Waals surface area contributed by atoms with Crippen LogP contribution in [0.3, 0.4) is 0 Å². The van der Waals surface area contributed by atoms with Crippen LogP contribution in [0.5, 0.6) is 5.75 Å². The number of carbonyl (C=O) groups excluding carboxylic acids is 2. The number of ether oxygens (including phenoxy) is 2. The molecule has 2 aromatic carbocycles. The van der Waals surface area contributed by atoms with Crippen LogP contribution >= 0.6 is 15.9 Å². The summed E-state index contributed by atoms with van der Waals surface area (Å²) >= 11 is 3.28. The Hall–Kier alpha value is -2.54. The van der Waals surface area contributed by atoms with E-state index in [4.69, 9.17) is 9.47 Å². The third-order valence-corrected chi connectivity index (χ3v) is 4.40. The summed E-state index contributed by atoms with van der Waals surface area (Å²) in [6.45, 7) is 7.89. The molecule has 2 aromatic rings. The number of allylic oxidation sites excluding steroid dienone is 1. The average Bonchev–Trinajstić information content (AvgIpc) is 2.63. The highest BCUT2D eigenvalue weighted by Crippen LogP contribution is 2.28. The molecule has 0 unspecified atom stereocenters. The molecule has 7 heteroatoms. The van der Waals surface area contributed by atoms with Gasteiger partial charge in [-0.1, -0.05) is 15.9 Å². The van der Waals surface area contributed by atoms with Crippen LogP contribution in [0.1, 0.15) is 50.5 Å². The Morgan fingerprint density at radius 3 is 2.10 bits per heavy atom. The van der Waals surface area contributed by atoms with E-state index in [0.717, 1.165) is 10.5 Å². The Labute approximate surface area is 183 Å². The fourth-order valence-electron chi connectivity index (χ4n) is 2.35. The Kier molecular flexibility index (Phi) is 7.18. The molecule has 0 aliphatic rings. The lowest BCUT2D eigenvalue weighted by atomic mass is 10.1. The summed E-state index contributed by atoms with van der Waals surface area (Å²) in [5.41, 5.74) is -2.00. The average molecular weight is 481 g/mol. The van der Waals surface area contributed by atoms with Crippen LogP contribution in [0.15, 0.2) is 46.9 Å². The second-order valence-corrected chi connectivity index (χ2v) is 9.02. The second-order valence-electron chi connectivity index (χ2n) is 8.10. The first-order chi connectivity index (χ1) is 13.8. The highest BCUT2D eigenvalue weighted by Gasteiger charge is 2.36. The Morgan fingerprint density at radius 2 is 1.53 bits per heavy atom. The van der Waals surface area contributed by atoms with Crippen LogP contribution in [-0.2, 0) is 9.53 Å². The van der Waals surface area contributed by atoms with Crippen molar-refractivity contribution in [3.63, 3.8) is 0 Å². The number of benzene rings is 2. The summed E-state index contributed by atoms with van der Waals surface area (Å²) in [5.74, 6) is -3.94. The highest BCUT2D eigenvalue weighted by atomic mass is 79.9. The fourth-order valence-corrected chi connectivity index (χ4v) is 2.61. The first kappa shape index (κ1) is 23.7. The predicted molar refractivity (Wildman–Crippen MR) is 114 cm³/mol. The fraction of sp³-hybridized carbons (Fsp3) is 0.304. The number of ketones is 1. The van der Waals surface area contributed by atoms with Crippen molar-refractivity contribution in [2.75, 3.05) is 0 Å². The Morgan fingerprint density at radius 1 is 0.933 bits per heavy atom. The molecule has 0 aromatic heterocycles. The largest absolute Gasteiger partial charge is 0.473 e. The van der Waals surface area contributed by atoms with Crippen LogP contribution in [0.25, 0.3) is 6.08 Å². The first-order valence-electron chi connectivity index (χ1n) is 9.18. The minimum absolute atomic E-state index is 0.125. The molecule has 0 heterocycles. The smallest absolute Gasteiger partial charge is 0.350 e. The topological polar surface area (TPSA) is 52.6 Å². The molecular formula is C23H23BrF2O4. The van der Waals surface area contributed by atoms with Crippen LogP contribution in [-0.4, -0.2) is 23.0 Å². The summed E-state index contributed by atoms with van der Waals surface area (Å²) in [6, 6.07) is 9.12. The predicted octanol–water partition coefficient (Wildman–Crippen LogP) is 6.12. The van der Waals surface area contributed by atoms with Crippen molar-refractivity contribution in [3.05, 3.63) is 69.7 Å². The van der Waals surface area contributed by atoms with Crippen molar-refractivity contribution in [1.82, 2.24) is 0 Å². The maximum Gasteiger partial charge on any atom is 0.350 e. The molecule has 0 bridgehead atoms. The molecule has 4 nitrogen and oxygen atoms in total. The molecule has 0 aliphatic heterocycles. The van der Waals surface area contributed by atoms with Gasteiger partial charge >= 0.3 is 5.97 Å². The van der Waals surface area contributed by atoms with Crippen LogP contribution in [0, 0.1) is 11.6 Å². The van der Waals surface area contributed by atoms with Crippen molar-refractivity contribution >= 4 is 33.8 Å². The number of rotatable bonds is 6. The minimum atomic E-state index is -1.53. The molecule has 0 saturated heterocycles. The maximum atomic E-state index is 14.5. The van der Waals surface area contributed by atoms with E-state index in [1.807, 2.05) is 0 Å². The lowest BCUT2D eigenvalue weighted by Crippen LogP contribution is -2.43. The lowest BCUT2D eigenvalue weighted by Gasteiger charge is -2.29. The van der Waals surface area contributed by atoms with E-state index >= 15 is 0 Å². The summed E-state index contributed by atoms with van der Waals surface area (Å²) in [7, 11) is 0. The van der Waals surface area contributed by atoms with Crippen molar-refractivity contribution < 1.29 is 27.8 Å². The molecule has 0 spiro atoms. The second kappa shape index (κ2) is 9.08. The normalized spacial score (nSPS) is 12.1. The molecule has 2 rings (SSSR count). The molecule has 0 aliphatic carbocycles. The van der Waals surface area contributed by atoms with E-state index in [9.17, 15) is 18.4 Å². The van der Waals surface area contributed by atoms with Gasteiger partial charge in [-0.15, -0.1) is 0 Å². The van der Waals surface area contributed by atoms with Crippen molar-refractivity contribution in [2.24, 2.45) is 0 Å². The molecular weight excluding hydrogens is 458 g/mol. The van der Waals surface area contributed by atoms with Gasteiger partial charge in [0.2, 0.25) is 5.82 Å². The van der Waals surface area contributed by atoms with E-state index in [1.165, 1.54) is 32.1 Å². The van der Waals surface area contributed by atoms with Crippen molar-refractivity contribution in [3.8, 4) is 5.75 Å². The number of hydrogen-bond donors (Lipinski definition) is 0. The molecule has 160 valence electrons. The molecule has 0 radical (unpaired) electrons. The zero-order valence-electron chi connectivity index (χ0n) is 17.4. The van der Waals surface area contributed by atoms with Crippen LogP contribution < -0.4 is 4.74 Å². The summed E-state index contributed by atoms with van der Waals surface area (Å²) < 4.78 is 40.5. The third-order valence-electron chi connectivity index (χ3n) is 3.88. The number of esters is 1. The van der Waals surface area contributed by atoms with Crippen LogP contribution in [0.2, 0.25) is 0 Å². The first-order valence-corrected chi connectivity index (χ1v) is 9.98. The monoisotopic (exact) mass is 480 g/mol. The molecule has 0 N–H and O–H groups in total. The SMILES string of the molecule is CC(C)(C)OC(=O)C(C)(C)Oc1ccc(C=CC(=O)c2ccc(Br)cc2)c(F)c1F. The van der Waals surface area contributed by atoms with Gasteiger partial charge in [0.25, 0.3) is 0 Å². The summed E-state index contributed by atoms with van der Waals surface area (Å²) in [6.07, 6.45) is 2.35. The van der Waals surface area contributed by atoms with Gasteiger partial charge in [-0.25, -0.2) is 9.18 Å². The molecule has 0 saturated carbocycles. The zero-order chi connectivity index (χ0) is 22.7. The van der Waals surface area contributed by atoms with E-state index in [0.29, 0.717) is 5.56 Å². The van der Waals surface area contributed by atoms with Gasteiger partial charge in [0.15, 0.2) is 23.0 Å². The summed E-state index contributed by atoms with van der Waals surface area (Å²) in [5, 5.41) is 0. The quantitative estimate of drug-likeness (QED) is 0.283. The molecule has 0 amide bonds. The zero-order valence-corrected chi connectivity index (χ0v) is 19.0. The molecule has 0 fully saturated rings. The van der Waals surface area contributed by atoms with Gasteiger partial charge in [0, 0.05) is 15.6 Å². The molecule has 0 atom stereocenters. The van der Waals surface area contributed by atoms with Gasteiger partial charge in [-0.3, -0.25) is 4.79 Å². The van der Waals surface area contributed by atoms with E-state index < -0.39 is 34.6 Å². The van der Waals surface area contributed by atoms with E-state index in [2.05, 4.69) is 15.9 Å². The van der Waals surface area contributed by atoms with Crippen LogP contribution in [0.4, 0.5) is 8.78 Å². The number of carbonyl (C=O) groups is 2.